The third kappa shape index (κ3) is 6.31. The highest BCUT2D eigenvalue weighted by atomic mass is 16.5. The van der Waals surface area contributed by atoms with Crippen molar-refractivity contribution in [3.8, 4) is 5.75 Å². The SMILES string of the molecule is CCCOc1cccc(C(=O)N(Cc2ccccc2)C(C)CN2CCOCC2)c1. The molecule has 1 amide bonds. The highest BCUT2D eigenvalue weighted by Gasteiger charge is 2.25. The minimum absolute atomic E-state index is 0.0385. The molecule has 3 rings (SSSR count). The Balaban J connectivity index is 1.78. The van der Waals surface area contributed by atoms with E-state index in [0.717, 1.165) is 50.6 Å². The van der Waals surface area contributed by atoms with E-state index in [1.807, 2.05) is 47.4 Å². The molecular weight excluding hydrogens is 364 g/mol. The van der Waals surface area contributed by atoms with Gasteiger partial charge in [0, 0.05) is 37.8 Å². The molecule has 0 saturated carbocycles. The second-order valence-electron chi connectivity index (χ2n) is 7.56. The van der Waals surface area contributed by atoms with Crippen molar-refractivity contribution in [3.63, 3.8) is 0 Å². The normalized spacial score (nSPS) is 15.7. The first-order valence-corrected chi connectivity index (χ1v) is 10.5. The molecule has 1 aliphatic heterocycles. The van der Waals surface area contributed by atoms with E-state index in [1.54, 1.807) is 0 Å². The molecule has 5 heteroatoms. The van der Waals surface area contributed by atoms with Gasteiger partial charge in [-0.25, -0.2) is 0 Å². The summed E-state index contributed by atoms with van der Waals surface area (Å²) in [6.07, 6.45) is 0.939. The van der Waals surface area contributed by atoms with E-state index < -0.39 is 0 Å². The Kier molecular flexibility index (Phi) is 8.08. The molecule has 1 heterocycles. The van der Waals surface area contributed by atoms with E-state index >= 15 is 0 Å². The van der Waals surface area contributed by atoms with Crippen molar-refractivity contribution in [3.05, 3.63) is 65.7 Å². The fraction of sp³-hybridized carbons (Fsp3) is 0.458. The molecule has 2 aromatic rings. The Morgan fingerprint density at radius 1 is 1.14 bits per heavy atom. The van der Waals surface area contributed by atoms with E-state index in [-0.39, 0.29) is 11.9 Å². The molecular formula is C24H32N2O3. The fourth-order valence-corrected chi connectivity index (χ4v) is 3.57. The summed E-state index contributed by atoms with van der Waals surface area (Å²) in [5.74, 6) is 0.787. The highest BCUT2D eigenvalue weighted by Crippen LogP contribution is 2.19. The first-order chi connectivity index (χ1) is 14.2. The minimum Gasteiger partial charge on any atom is -0.494 e. The van der Waals surface area contributed by atoms with Crippen molar-refractivity contribution in [1.82, 2.24) is 9.80 Å². The van der Waals surface area contributed by atoms with E-state index in [1.165, 1.54) is 0 Å². The van der Waals surface area contributed by atoms with E-state index in [2.05, 4.69) is 30.9 Å². The summed E-state index contributed by atoms with van der Waals surface area (Å²) in [6, 6.07) is 17.8. The van der Waals surface area contributed by atoms with Gasteiger partial charge < -0.3 is 14.4 Å². The Morgan fingerprint density at radius 2 is 1.90 bits per heavy atom. The van der Waals surface area contributed by atoms with Crippen LogP contribution in [0.15, 0.2) is 54.6 Å². The van der Waals surface area contributed by atoms with Crippen molar-refractivity contribution in [2.75, 3.05) is 39.5 Å². The minimum atomic E-state index is 0.0385. The Bertz CT molecular complexity index is 760. The number of hydrogen-bond acceptors (Lipinski definition) is 4. The fourth-order valence-electron chi connectivity index (χ4n) is 3.57. The van der Waals surface area contributed by atoms with Gasteiger partial charge in [-0.2, -0.15) is 0 Å². The van der Waals surface area contributed by atoms with Crippen molar-refractivity contribution in [2.45, 2.75) is 32.9 Å². The van der Waals surface area contributed by atoms with Crippen LogP contribution in [0.2, 0.25) is 0 Å². The average Bonchev–Trinajstić information content (AvgIpc) is 2.77. The summed E-state index contributed by atoms with van der Waals surface area (Å²) in [4.78, 5) is 17.8. The maximum atomic E-state index is 13.5. The summed E-state index contributed by atoms with van der Waals surface area (Å²) < 4.78 is 11.2. The van der Waals surface area contributed by atoms with Crippen LogP contribution in [0.1, 0.15) is 36.2 Å². The zero-order valence-electron chi connectivity index (χ0n) is 17.5. The first-order valence-electron chi connectivity index (χ1n) is 10.5. The number of carbonyl (C=O) groups excluding carboxylic acids is 1. The van der Waals surface area contributed by atoms with Crippen LogP contribution in [-0.4, -0.2) is 61.2 Å². The summed E-state index contributed by atoms with van der Waals surface area (Å²) in [5.41, 5.74) is 1.80. The third-order valence-electron chi connectivity index (χ3n) is 5.17. The van der Waals surface area contributed by atoms with Gasteiger partial charge in [0.25, 0.3) is 5.91 Å². The number of morpholine rings is 1. The first kappa shape index (κ1) is 21.3. The Labute approximate surface area is 174 Å². The molecule has 1 fully saturated rings. The second kappa shape index (κ2) is 11.0. The lowest BCUT2D eigenvalue weighted by Crippen LogP contribution is -2.48. The quantitative estimate of drug-likeness (QED) is 0.646. The molecule has 0 spiro atoms. The van der Waals surface area contributed by atoms with Crippen LogP contribution >= 0.6 is 0 Å². The third-order valence-corrected chi connectivity index (χ3v) is 5.17. The summed E-state index contributed by atoms with van der Waals surface area (Å²) >= 11 is 0. The molecule has 5 nitrogen and oxygen atoms in total. The summed E-state index contributed by atoms with van der Waals surface area (Å²) in [6.45, 7) is 9.64. The number of ether oxygens (including phenoxy) is 2. The van der Waals surface area contributed by atoms with Crippen molar-refractivity contribution >= 4 is 5.91 Å². The van der Waals surface area contributed by atoms with Crippen molar-refractivity contribution in [2.24, 2.45) is 0 Å². The molecule has 156 valence electrons. The molecule has 1 aliphatic rings. The Morgan fingerprint density at radius 3 is 2.62 bits per heavy atom. The summed E-state index contributed by atoms with van der Waals surface area (Å²) in [7, 11) is 0. The zero-order chi connectivity index (χ0) is 20.5. The second-order valence-corrected chi connectivity index (χ2v) is 7.56. The molecule has 0 N–H and O–H groups in total. The molecule has 1 saturated heterocycles. The van der Waals surface area contributed by atoms with E-state index in [9.17, 15) is 4.79 Å². The number of nitrogens with zero attached hydrogens (tertiary/aromatic N) is 2. The van der Waals surface area contributed by atoms with E-state index in [4.69, 9.17) is 9.47 Å². The topological polar surface area (TPSA) is 42.0 Å². The van der Waals surface area contributed by atoms with E-state index in [0.29, 0.717) is 18.7 Å². The van der Waals surface area contributed by atoms with Crippen LogP contribution in [0.3, 0.4) is 0 Å². The van der Waals surface area contributed by atoms with Gasteiger partial charge in [-0.3, -0.25) is 9.69 Å². The van der Waals surface area contributed by atoms with Crippen LogP contribution < -0.4 is 4.74 Å². The average molecular weight is 397 g/mol. The van der Waals surface area contributed by atoms with Crippen LogP contribution in [0, 0.1) is 0 Å². The van der Waals surface area contributed by atoms with Gasteiger partial charge in [-0.1, -0.05) is 43.3 Å². The van der Waals surface area contributed by atoms with Crippen molar-refractivity contribution < 1.29 is 14.3 Å². The molecule has 1 atom stereocenters. The number of benzene rings is 2. The molecule has 1 unspecified atom stereocenters. The van der Waals surface area contributed by atoms with Crippen LogP contribution in [-0.2, 0) is 11.3 Å². The predicted molar refractivity (Wildman–Crippen MR) is 115 cm³/mol. The molecule has 2 aromatic carbocycles. The maximum Gasteiger partial charge on any atom is 0.254 e. The smallest absolute Gasteiger partial charge is 0.254 e. The van der Waals surface area contributed by atoms with Gasteiger partial charge in [0.1, 0.15) is 5.75 Å². The highest BCUT2D eigenvalue weighted by molar-refractivity contribution is 5.94. The van der Waals surface area contributed by atoms with Gasteiger partial charge in [0.2, 0.25) is 0 Å². The van der Waals surface area contributed by atoms with Gasteiger partial charge in [0.05, 0.1) is 19.8 Å². The van der Waals surface area contributed by atoms with Gasteiger partial charge >= 0.3 is 0 Å². The lowest BCUT2D eigenvalue weighted by molar-refractivity contribution is 0.0228. The molecule has 29 heavy (non-hydrogen) atoms. The monoisotopic (exact) mass is 396 g/mol. The standard InChI is InChI=1S/C24H32N2O3/c1-3-14-29-23-11-7-10-22(17-23)24(27)26(19-21-8-5-4-6-9-21)20(2)18-25-12-15-28-16-13-25/h4-11,17,20H,3,12-16,18-19H2,1-2H3. The maximum absolute atomic E-state index is 13.5. The Hall–Kier alpha value is -2.37. The van der Waals surface area contributed by atoms with Crippen molar-refractivity contribution in [1.29, 1.82) is 0 Å². The van der Waals surface area contributed by atoms with Gasteiger partial charge in [0.15, 0.2) is 0 Å². The molecule has 0 aliphatic carbocycles. The predicted octanol–water partition coefficient (Wildman–Crippen LogP) is 3.84. The number of rotatable bonds is 9. The largest absolute Gasteiger partial charge is 0.494 e. The summed E-state index contributed by atoms with van der Waals surface area (Å²) in [5, 5.41) is 0. The molecule has 0 aromatic heterocycles. The number of amides is 1. The zero-order valence-corrected chi connectivity index (χ0v) is 17.5. The van der Waals surface area contributed by atoms with Gasteiger partial charge in [-0.15, -0.1) is 0 Å². The lowest BCUT2D eigenvalue weighted by atomic mass is 10.1. The van der Waals surface area contributed by atoms with Crippen LogP contribution in [0.5, 0.6) is 5.75 Å². The lowest BCUT2D eigenvalue weighted by Gasteiger charge is -2.35. The van der Waals surface area contributed by atoms with Crippen LogP contribution in [0.4, 0.5) is 0 Å². The molecule has 0 bridgehead atoms. The van der Waals surface area contributed by atoms with Crippen LogP contribution in [0.25, 0.3) is 0 Å². The molecule has 0 radical (unpaired) electrons. The van der Waals surface area contributed by atoms with Gasteiger partial charge in [-0.05, 0) is 37.1 Å². The number of hydrogen-bond donors (Lipinski definition) is 0. The number of carbonyl (C=O) groups is 1.